The van der Waals surface area contributed by atoms with E-state index in [9.17, 15) is 4.79 Å². The fourth-order valence-electron chi connectivity index (χ4n) is 1.53. The Hall–Kier alpha value is -1.06. The van der Waals surface area contributed by atoms with Gasteiger partial charge in [0.05, 0.1) is 6.42 Å². The number of hydrogen-bond acceptors (Lipinski definition) is 2. The lowest BCUT2D eigenvalue weighted by Crippen LogP contribution is -2.15. The van der Waals surface area contributed by atoms with Crippen LogP contribution >= 0.6 is 12.4 Å². The molecule has 0 fully saturated rings. The highest BCUT2D eigenvalue weighted by molar-refractivity contribution is 5.85. The van der Waals surface area contributed by atoms with Gasteiger partial charge in [-0.05, 0) is 19.4 Å². The summed E-state index contributed by atoms with van der Waals surface area (Å²) in [6.07, 6.45) is -0.0249. The van der Waals surface area contributed by atoms with Crippen LogP contribution < -0.4 is 5.73 Å². The highest BCUT2D eigenvalue weighted by Gasteiger charge is 2.10. The molecule has 0 spiro atoms. The Balaban J connectivity index is 0.00000196. The molecule has 3 N–H and O–H groups in total. The standard InChI is InChI=1S/C11H15NO2.ClH/c1-7-3-8(2)5-9(4-7)10(12)6-11(13)14;/h3-5,10H,6,12H2,1-2H3,(H,13,14);1H/t10-;/m0./s1. The van der Waals surface area contributed by atoms with Gasteiger partial charge in [-0.2, -0.15) is 0 Å². The van der Waals surface area contributed by atoms with Crippen molar-refractivity contribution >= 4 is 18.4 Å². The van der Waals surface area contributed by atoms with Crippen molar-refractivity contribution in [1.82, 2.24) is 0 Å². The molecule has 3 nitrogen and oxygen atoms in total. The van der Waals surface area contributed by atoms with Crippen molar-refractivity contribution in [3.05, 3.63) is 34.9 Å². The Labute approximate surface area is 95.7 Å². The largest absolute Gasteiger partial charge is 0.481 e. The number of carbonyl (C=O) groups is 1. The molecule has 0 saturated heterocycles. The first-order valence-electron chi connectivity index (χ1n) is 4.54. The van der Waals surface area contributed by atoms with Crippen LogP contribution in [-0.4, -0.2) is 11.1 Å². The van der Waals surface area contributed by atoms with E-state index in [1.165, 1.54) is 0 Å². The maximum Gasteiger partial charge on any atom is 0.305 e. The first-order valence-corrected chi connectivity index (χ1v) is 4.54. The number of benzene rings is 1. The van der Waals surface area contributed by atoms with Gasteiger partial charge in [0, 0.05) is 6.04 Å². The number of carboxylic acids is 1. The van der Waals surface area contributed by atoms with Crippen molar-refractivity contribution in [2.45, 2.75) is 26.3 Å². The molecule has 0 bridgehead atoms. The van der Waals surface area contributed by atoms with Gasteiger partial charge >= 0.3 is 5.97 Å². The van der Waals surface area contributed by atoms with Gasteiger partial charge in [0.15, 0.2) is 0 Å². The molecular formula is C11H16ClNO2. The summed E-state index contributed by atoms with van der Waals surface area (Å²) in [7, 11) is 0. The van der Waals surface area contributed by atoms with Crippen LogP contribution in [0.3, 0.4) is 0 Å². The Bertz CT molecular complexity index is 332. The summed E-state index contributed by atoms with van der Waals surface area (Å²) in [4.78, 5) is 10.5. The molecular weight excluding hydrogens is 214 g/mol. The van der Waals surface area contributed by atoms with E-state index in [0.717, 1.165) is 16.7 Å². The monoisotopic (exact) mass is 229 g/mol. The molecule has 0 unspecified atom stereocenters. The first-order chi connectivity index (χ1) is 6.49. The van der Waals surface area contributed by atoms with E-state index >= 15 is 0 Å². The number of halogens is 1. The predicted molar refractivity (Wildman–Crippen MR) is 62.3 cm³/mol. The molecule has 0 aliphatic heterocycles. The van der Waals surface area contributed by atoms with Gasteiger partial charge in [-0.15, -0.1) is 12.4 Å². The van der Waals surface area contributed by atoms with Crippen LogP contribution in [0.15, 0.2) is 18.2 Å². The molecule has 1 rings (SSSR count). The topological polar surface area (TPSA) is 63.3 Å². The van der Waals surface area contributed by atoms with E-state index < -0.39 is 12.0 Å². The van der Waals surface area contributed by atoms with E-state index in [4.69, 9.17) is 10.8 Å². The van der Waals surface area contributed by atoms with Crippen LogP contribution in [-0.2, 0) is 4.79 Å². The molecule has 1 aromatic rings. The lowest BCUT2D eigenvalue weighted by Gasteiger charge is -2.11. The van der Waals surface area contributed by atoms with E-state index in [2.05, 4.69) is 0 Å². The molecule has 0 radical (unpaired) electrons. The second-order valence-corrected chi connectivity index (χ2v) is 3.63. The minimum Gasteiger partial charge on any atom is -0.481 e. The van der Waals surface area contributed by atoms with Gasteiger partial charge in [-0.25, -0.2) is 0 Å². The minimum absolute atomic E-state index is 0. The van der Waals surface area contributed by atoms with Crippen LogP contribution in [0, 0.1) is 13.8 Å². The Morgan fingerprint density at radius 3 is 2.20 bits per heavy atom. The normalized spacial score (nSPS) is 11.7. The summed E-state index contributed by atoms with van der Waals surface area (Å²) in [5, 5.41) is 8.60. The molecule has 1 aromatic carbocycles. The van der Waals surface area contributed by atoms with Gasteiger partial charge < -0.3 is 10.8 Å². The highest BCUT2D eigenvalue weighted by atomic mass is 35.5. The quantitative estimate of drug-likeness (QED) is 0.835. The lowest BCUT2D eigenvalue weighted by atomic mass is 10.00. The second kappa shape index (κ2) is 5.73. The van der Waals surface area contributed by atoms with Crippen LogP contribution in [0.2, 0.25) is 0 Å². The zero-order valence-electron chi connectivity index (χ0n) is 8.86. The molecule has 0 aromatic heterocycles. The summed E-state index contributed by atoms with van der Waals surface area (Å²) in [5.41, 5.74) is 8.87. The molecule has 0 amide bonds. The number of rotatable bonds is 3. The molecule has 0 aliphatic carbocycles. The summed E-state index contributed by atoms with van der Waals surface area (Å²) < 4.78 is 0. The van der Waals surface area contributed by atoms with Crippen molar-refractivity contribution in [1.29, 1.82) is 0 Å². The third-order valence-electron chi connectivity index (χ3n) is 2.07. The van der Waals surface area contributed by atoms with Gasteiger partial charge in [-0.1, -0.05) is 29.3 Å². The van der Waals surface area contributed by atoms with Gasteiger partial charge in [0.1, 0.15) is 0 Å². The van der Waals surface area contributed by atoms with E-state index in [1.807, 2.05) is 32.0 Å². The number of aryl methyl sites for hydroxylation is 2. The molecule has 84 valence electrons. The number of hydrogen-bond donors (Lipinski definition) is 2. The molecule has 0 aliphatic rings. The smallest absolute Gasteiger partial charge is 0.305 e. The van der Waals surface area contributed by atoms with Crippen molar-refractivity contribution in [3.8, 4) is 0 Å². The summed E-state index contributed by atoms with van der Waals surface area (Å²) in [6.45, 7) is 3.95. The zero-order chi connectivity index (χ0) is 10.7. The third-order valence-corrected chi connectivity index (χ3v) is 2.07. The molecule has 0 heterocycles. The molecule has 4 heteroatoms. The van der Waals surface area contributed by atoms with Crippen LogP contribution in [0.5, 0.6) is 0 Å². The van der Waals surface area contributed by atoms with Gasteiger partial charge in [0.2, 0.25) is 0 Å². The maximum absolute atomic E-state index is 10.5. The highest BCUT2D eigenvalue weighted by Crippen LogP contribution is 2.17. The number of aliphatic carboxylic acids is 1. The molecule has 15 heavy (non-hydrogen) atoms. The van der Waals surface area contributed by atoms with E-state index in [-0.39, 0.29) is 18.8 Å². The van der Waals surface area contributed by atoms with Crippen LogP contribution in [0.25, 0.3) is 0 Å². The van der Waals surface area contributed by atoms with Crippen LogP contribution in [0.1, 0.15) is 29.2 Å². The van der Waals surface area contributed by atoms with E-state index in [1.54, 1.807) is 0 Å². The summed E-state index contributed by atoms with van der Waals surface area (Å²) in [6, 6.07) is 5.49. The Morgan fingerprint density at radius 1 is 1.33 bits per heavy atom. The van der Waals surface area contributed by atoms with Gasteiger partial charge in [-0.3, -0.25) is 4.79 Å². The zero-order valence-corrected chi connectivity index (χ0v) is 9.67. The fraction of sp³-hybridized carbons (Fsp3) is 0.364. The molecule has 1 atom stereocenters. The third kappa shape index (κ3) is 4.32. The summed E-state index contributed by atoms with van der Waals surface area (Å²) in [5.74, 6) is -0.864. The average Bonchev–Trinajstić information content (AvgIpc) is 2.00. The van der Waals surface area contributed by atoms with Crippen molar-refractivity contribution in [3.63, 3.8) is 0 Å². The van der Waals surface area contributed by atoms with Crippen molar-refractivity contribution in [2.75, 3.05) is 0 Å². The molecule has 0 saturated carbocycles. The first kappa shape index (κ1) is 13.9. The Kier molecular flexibility index (Phi) is 5.33. The second-order valence-electron chi connectivity index (χ2n) is 3.63. The predicted octanol–water partition coefficient (Wildman–Crippen LogP) is 2.20. The van der Waals surface area contributed by atoms with Gasteiger partial charge in [0.25, 0.3) is 0 Å². The SMILES string of the molecule is Cc1cc(C)cc([C@@H](N)CC(=O)O)c1.Cl. The summed E-state index contributed by atoms with van der Waals surface area (Å²) >= 11 is 0. The van der Waals surface area contributed by atoms with E-state index in [0.29, 0.717) is 0 Å². The average molecular weight is 230 g/mol. The maximum atomic E-state index is 10.5. The minimum atomic E-state index is -0.864. The van der Waals surface area contributed by atoms with Crippen molar-refractivity contribution < 1.29 is 9.90 Å². The van der Waals surface area contributed by atoms with Crippen molar-refractivity contribution in [2.24, 2.45) is 5.73 Å². The Morgan fingerprint density at radius 2 is 1.80 bits per heavy atom. The van der Waals surface area contributed by atoms with Crippen LogP contribution in [0.4, 0.5) is 0 Å². The number of nitrogens with two attached hydrogens (primary N) is 1. The lowest BCUT2D eigenvalue weighted by molar-refractivity contribution is -0.137. The number of carboxylic acid groups (broad SMARTS) is 1. The fourth-order valence-corrected chi connectivity index (χ4v) is 1.53.